The molecule has 22 heavy (non-hydrogen) atoms. The van der Waals surface area contributed by atoms with Crippen molar-refractivity contribution < 1.29 is 19.4 Å². The molecule has 2 heterocycles. The van der Waals surface area contributed by atoms with Crippen LogP contribution in [-0.2, 0) is 11.2 Å². The number of nitrogens with one attached hydrogen (secondary N) is 1. The molecule has 118 valence electrons. The Balaban J connectivity index is 1.85. The number of carbonyl (C=O) groups excluding carboxylic acids is 1. The fourth-order valence-corrected chi connectivity index (χ4v) is 3.10. The van der Waals surface area contributed by atoms with Crippen molar-refractivity contribution in [1.82, 2.24) is 9.88 Å². The summed E-state index contributed by atoms with van der Waals surface area (Å²) < 4.78 is 13.4. The highest BCUT2D eigenvalue weighted by Gasteiger charge is 2.28. The zero-order valence-corrected chi connectivity index (χ0v) is 12.3. The normalized spacial score (nSPS) is 22.3. The van der Waals surface area contributed by atoms with Crippen molar-refractivity contribution in [2.45, 2.75) is 32.0 Å². The van der Waals surface area contributed by atoms with Gasteiger partial charge in [0, 0.05) is 36.1 Å². The van der Waals surface area contributed by atoms with Crippen LogP contribution in [-0.4, -0.2) is 51.3 Å². The average Bonchev–Trinajstić information content (AvgIpc) is 2.74. The summed E-state index contributed by atoms with van der Waals surface area (Å²) in [5.74, 6) is -0.518. The Labute approximate surface area is 127 Å². The molecule has 1 fully saturated rings. The molecule has 1 aromatic carbocycles. The number of benzene rings is 1. The SMILES string of the molecule is Cc1[nH]c2ccc(F)cc2c1CC(=O)N1C[C@H](O)C[C@@H](O)C1. The number of aliphatic hydroxyl groups is 2. The predicted molar refractivity (Wildman–Crippen MR) is 79.9 cm³/mol. The summed E-state index contributed by atoms with van der Waals surface area (Å²) in [5, 5.41) is 20.1. The fourth-order valence-electron chi connectivity index (χ4n) is 3.10. The zero-order valence-electron chi connectivity index (χ0n) is 12.3. The number of carbonyl (C=O) groups is 1. The third-order valence-corrected chi connectivity index (χ3v) is 4.17. The van der Waals surface area contributed by atoms with Crippen LogP contribution in [0.5, 0.6) is 0 Å². The van der Waals surface area contributed by atoms with Crippen LogP contribution < -0.4 is 0 Å². The van der Waals surface area contributed by atoms with Crippen molar-refractivity contribution in [3.63, 3.8) is 0 Å². The summed E-state index contributed by atoms with van der Waals surface area (Å²) in [6, 6.07) is 4.45. The zero-order chi connectivity index (χ0) is 15.9. The van der Waals surface area contributed by atoms with Gasteiger partial charge in [-0.25, -0.2) is 4.39 Å². The van der Waals surface area contributed by atoms with Gasteiger partial charge in [0.2, 0.25) is 5.91 Å². The molecule has 0 unspecified atom stereocenters. The molecule has 0 saturated carbocycles. The summed E-state index contributed by atoms with van der Waals surface area (Å²) in [6.45, 7) is 2.30. The highest BCUT2D eigenvalue weighted by atomic mass is 19.1. The number of aromatic amines is 1. The lowest BCUT2D eigenvalue weighted by Gasteiger charge is -2.33. The number of amides is 1. The maximum Gasteiger partial charge on any atom is 0.227 e. The molecule has 2 aromatic rings. The standard InChI is InChI=1S/C16H19FN2O3/c1-9-13(14-4-10(17)2-3-15(14)18-9)6-16(22)19-7-11(20)5-12(21)8-19/h2-4,11-12,18,20-21H,5-8H2,1H3/t11-,12-/m1/s1. The van der Waals surface area contributed by atoms with Crippen molar-refractivity contribution in [2.24, 2.45) is 0 Å². The van der Waals surface area contributed by atoms with E-state index < -0.39 is 12.2 Å². The van der Waals surface area contributed by atoms with Crippen molar-refractivity contribution in [1.29, 1.82) is 0 Å². The third kappa shape index (κ3) is 2.84. The third-order valence-electron chi connectivity index (χ3n) is 4.17. The molecular formula is C16H19FN2O3. The first-order valence-electron chi connectivity index (χ1n) is 7.34. The van der Waals surface area contributed by atoms with E-state index >= 15 is 0 Å². The van der Waals surface area contributed by atoms with E-state index in [1.807, 2.05) is 6.92 Å². The first kappa shape index (κ1) is 15.0. The molecule has 1 amide bonds. The number of hydrogen-bond donors (Lipinski definition) is 3. The Kier molecular flexibility index (Phi) is 3.88. The minimum Gasteiger partial charge on any atom is -0.391 e. The largest absolute Gasteiger partial charge is 0.391 e. The number of fused-ring (bicyclic) bond motifs is 1. The molecule has 1 aliphatic heterocycles. The minimum absolute atomic E-state index is 0.120. The van der Waals surface area contributed by atoms with E-state index in [0.29, 0.717) is 11.8 Å². The number of likely N-dealkylation sites (tertiary alicyclic amines) is 1. The van der Waals surface area contributed by atoms with Gasteiger partial charge in [0.15, 0.2) is 0 Å². The van der Waals surface area contributed by atoms with Crippen LogP contribution in [0.15, 0.2) is 18.2 Å². The summed E-state index contributed by atoms with van der Waals surface area (Å²) in [7, 11) is 0. The smallest absolute Gasteiger partial charge is 0.227 e. The van der Waals surface area contributed by atoms with E-state index in [2.05, 4.69) is 4.98 Å². The van der Waals surface area contributed by atoms with E-state index in [0.717, 1.165) is 16.8 Å². The van der Waals surface area contributed by atoms with Gasteiger partial charge in [-0.3, -0.25) is 4.79 Å². The van der Waals surface area contributed by atoms with Gasteiger partial charge in [0.1, 0.15) is 5.82 Å². The molecule has 2 atom stereocenters. The number of aromatic nitrogens is 1. The van der Waals surface area contributed by atoms with Gasteiger partial charge in [0.05, 0.1) is 18.6 Å². The van der Waals surface area contributed by atoms with Crippen molar-refractivity contribution in [3.05, 3.63) is 35.3 Å². The maximum absolute atomic E-state index is 13.4. The van der Waals surface area contributed by atoms with Crippen LogP contribution in [0, 0.1) is 12.7 Å². The molecule has 1 aromatic heterocycles. The molecule has 3 N–H and O–H groups in total. The van der Waals surface area contributed by atoms with Gasteiger partial charge >= 0.3 is 0 Å². The van der Waals surface area contributed by atoms with Crippen molar-refractivity contribution in [2.75, 3.05) is 13.1 Å². The van der Waals surface area contributed by atoms with Crippen LogP contribution >= 0.6 is 0 Å². The highest BCUT2D eigenvalue weighted by molar-refractivity contribution is 5.90. The van der Waals surface area contributed by atoms with Gasteiger partial charge < -0.3 is 20.1 Å². The number of β-amino-alcohol motifs (C(OH)–C–C–N with tert-alkyl or cyclic N) is 2. The van der Waals surface area contributed by atoms with Crippen LogP contribution in [0.4, 0.5) is 4.39 Å². The number of aliphatic hydroxyl groups excluding tert-OH is 2. The lowest BCUT2D eigenvalue weighted by molar-refractivity contribution is -0.136. The first-order chi connectivity index (χ1) is 10.4. The van der Waals surface area contributed by atoms with Gasteiger partial charge in [0.25, 0.3) is 0 Å². The van der Waals surface area contributed by atoms with Gasteiger partial charge in [-0.1, -0.05) is 0 Å². The lowest BCUT2D eigenvalue weighted by atomic mass is 10.0. The Hall–Kier alpha value is -1.92. The Morgan fingerprint density at radius 3 is 2.73 bits per heavy atom. The van der Waals surface area contributed by atoms with Crippen LogP contribution in [0.2, 0.25) is 0 Å². The summed E-state index contributed by atoms with van der Waals surface area (Å²) >= 11 is 0. The van der Waals surface area contributed by atoms with E-state index in [1.165, 1.54) is 17.0 Å². The number of H-pyrrole nitrogens is 1. The van der Waals surface area contributed by atoms with Gasteiger partial charge in [-0.15, -0.1) is 0 Å². The van der Waals surface area contributed by atoms with Crippen molar-refractivity contribution >= 4 is 16.8 Å². The second kappa shape index (κ2) is 5.70. The first-order valence-corrected chi connectivity index (χ1v) is 7.34. The number of piperidine rings is 1. The molecule has 6 heteroatoms. The fraction of sp³-hybridized carbons (Fsp3) is 0.438. The molecule has 0 spiro atoms. The average molecular weight is 306 g/mol. The van der Waals surface area contributed by atoms with E-state index in [4.69, 9.17) is 0 Å². The number of hydrogen-bond acceptors (Lipinski definition) is 3. The quantitative estimate of drug-likeness (QED) is 0.778. The molecule has 0 bridgehead atoms. The second-order valence-electron chi connectivity index (χ2n) is 5.94. The lowest BCUT2D eigenvalue weighted by Crippen LogP contribution is -2.48. The summed E-state index contributed by atoms with van der Waals surface area (Å²) in [4.78, 5) is 17.0. The van der Waals surface area contributed by atoms with Crippen molar-refractivity contribution in [3.8, 4) is 0 Å². The van der Waals surface area contributed by atoms with E-state index in [9.17, 15) is 19.4 Å². The molecule has 5 nitrogen and oxygen atoms in total. The van der Waals surface area contributed by atoms with Gasteiger partial charge in [-0.2, -0.15) is 0 Å². The van der Waals surface area contributed by atoms with Crippen LogP contribution in [0.25, 0.3) is 10.9 Å². The van der Waals surface area contributed by atoms with Gasteiger partial charge in [-0.05, 0) is 30.7 Å². The predicted octanol–water partition coefficient (Wildman–Crippen LogP) is 1.11. The highest BCUT2D eigenvalue weighted by Crippen LogP contribution is 2.24. The molecule has 3 rings (SSSR count). The Morgan fingerprint density at radius 1 is 1.36 bits per heavy atom. The van der Waals surface area contributed by atoms with E-state index in [1.54, 1.807) is 6.07 Å². The monoisotopic (exact) mass is 306 g/mol. The molecule has 0 aliphatic carbocycles. The molecule has 1 aliphatic rings. The molecule has 0 radical (unpaired) electrons. The molecular weight excluding hydrogens is 287 g/mol. The second-order valence-corrected chi connectivity index (χ2v) is 5.94. The van der Waals surface area contributed by atoms with Crippen LogP contribution in [0.3, 0.4) is 0 Å². The minimum atomic E-state index is -0.700. The molecule has 1 saturated heterocycles. The van der Waals surface area contributed by atoms with E-state index in [-0.39, 0.29) is 31.2 Å². The number of rotatable bonds is 2. The summed E-state index contributed by atoms with van der Waals surface area (Å²) in [5.41, 5.74) is 2.38. The number of halogens is 1. The summed E-state index contributed by atoms with van der Waals surface area (Å²) in [6.07, 6.45) is -0.987. The van der Waals surface area contributed by atoms with Crippen LogP contribution in [0.1, 0.15) is 17.7 Å². The Morgan fingerprint density at radius 2 is 2.05 bits per heavy atom. The number of aryl methyl sites for hydroxylation is 1. The number of nitrogens with zero attached hydrogens (tertiary/aromatic N) is 1. The Bertz CT molecular complexity index is 703. The topological polar surface area (TPSA) is 76.6 Å². The maximum atomic E-state index is 13.4.